The fourth-order valence-electron chi connectivity index (χ4n) is 10.2. The number of esters is 1. The Kier molecular flexibility index (Phi) is 21.1. The molecule has 0 radical (unpaired) electrons. The van der Waals surface area contributed by atoms with Crippen LogP contribution in [0.5, 0.6) is 0 Å². The number of carbonyl (C=O) groups is 6. The van der Waals surface area contributed by atoms with E-state index in [4.69, 9.17) is 23.7 Å². The number of amides is 1. The smallest absolute Gasteiger partial charge is 0.329 e. The van der Waals surface area contributed by atoms with E-state index in [0.717, 1.165) is 5.57 Å². The zero-order valence-corrected chi connectivity index (χ0v) is 41.1. The van der Waals surface area contributed by atoms with Gasteiger partial charge in [0.15, 0.2) is 5.78 Å². The van der Waals surface area contributed by atoms with E-state index in [1.807, 2.05) is 19.9 Å². The van der Waals surface area contributed by atoms with Crippen LogP contribution in [0.25, 0.3) is 0 Å². The monoisotopic (exact) mass is 930 g/mol. The quantitative estimate of drug-likeness (QED) is 0.169. The Bertz CT molecular complexity index is 1790. The maximum absolute atomic E-state index is 14.4. The number of hydrogen-bond donors (Lipinski definition) is 3. The standard InChI is InChI=1S/C51H79NO14/c1-29-15-11-12-17-39(53)30(2)23-33(5)45(56)47(64-10)46(57)34(6)24-31(3)41(55)28-43(32(4)25-36-19-21-40(54)44(26-36)63-9)65-50(60)38-16-13-14-22-52(38)49(59)48(58)51(61)35(7)18-20-37(66-51)27-42(29)62-8/h11-12,15,24,30-33,35-38,40,42-44,46-47,54,57,61H,13-14,16-23,25-28H2,1-10H3/b12-11+,29-15+,34-24+/t30-,31+,32+,33+,35+,36?,37?,38-,40+,42-,43-,44+,46+,47+,51+/m0/s1. The van der Waals surface area contributed by atoms with Crippen LogP contribution in [0.15, 0.2) is 35.5 Å². The Hall–Kier alpha value is -3.44. The number of Topliss-reactive ketones (excluding diaryl/α,β-unsaturated/α-hetero) is 4. The largest absolute Gasteiger partial charge is 0.460 e. The molecule has 3 fully saturated rings. The average Bonchev–Trinajstić information content (AvgIpc) is 3.29. The van der Waals surface area contributed by atoms with E-state index < -0.39 is 89.8 Å². The van der Waals surface area contributed by atoms with E-state index in [-0.39, 0.29) is 73.9 Å². The van der Waals surface area contributed by atoms with Gasteiger partial charge in [-0.05, 0) is 101 Å². The summed E-state index contributed by atoms with van der Waals surface area (Å²) in [7, 11) is 4.42. The summed E-state index contributed by atoms with van der Waals surface area (Å²) in [5, 5.41) is 33.8. The van der Waals surface area contributed by atoms with Crippen molar-refractivity contribution in [3.05, 3.63) is 35.5 Å². The zero-order chi connectivity index (χ0) is 49.0. The molecule has 2 bridgehead atoms. The van der Waals surface area contributed by atoms with E-state index in [0.29, 0.717) is 56.9 Å². The molecular weight excluding hydrogens is 851 g/mol. The first kappa shape index (κ1) is 55.2. The molecule has 66 heavy (non-hydrogen) atoms. The number of piperidine rings is 1. The van der Waals surface area contributed by atoms with Gasteiger partial charge >= 0.3 is 5.97 Å². The number of ether oxygens (including phenoxy) is 5. The highest BCUT2D eigenvalue weighted by atomic mass is 16.6. The predicted molar refractivity (Wildman–Crippen MR) is 246 cm³/mol. The molecule has 0 spiro atoms. The number of rotatable bonds is 6. The maximum Gasteiger partial charge on any atom is 0.329 e. The van der Waals surface area contributed by atoms with Crippen LogP contribution in [0.2, 0.25) is 0 Å². The van der Waals surface area contributed by atoms with Gasteiger partial charge < -0.3 is 43.9 Å². The van der Waals surface area contributed by atoms with Gasteiger partial charge in [0.05, 0.1) is 24.4 Å². The van der Waals surface area contributed by atoms with Crippen LogP contribution in [0.1, 0.15) is 132 Å². The molecule has 15 nitrogen and oxygen atoms in total. The third-order valence-electron chi connectivity index (χ3n) is 14.8. The van der Waals surface area contributed by atoms with Crippen LogP contribution in [0, 0.1) is 35.5 Å². The summed E-state index contributed by atoms with van der Waals surface area (Å²) in [5.74, 6) is -9.06. The van der Waals surface area contributed by atoms with Crippen molar-refractivity contribution >= 4 is 35.0 Å². The minimum atomic E-state index is -2.46. The summed E-state index contributed by atoms with van der Waals surface area (Å²) in [4.78, 5) is 85.0. The lowest BCUT2D eigenvalue weighted by molar-refractivity contribution is -0.265. The van der Waals surface area contributed by atoms with E-state index in [2.05, 4.69) is 0 Å². The fourth-order valence-corrected chi connectivity index (χ4v) is 10.2. The molecule has 1 aliphatic carbocycles. The Morgan fingerprint density at radius 1 is 0.833 bits per heavy atom. The minimum absolute atomic E-state index is 0.0706. The lowest BCUT2D eigenvalue weighted by atomic mass is 9.78. The van der Waals surface area contributed by atoms with E-state index in [9.17, 15) is 44.1 Å². The molecule has 15 heteroatoms. The number of methoxy groups -OCH3 is 3. The molecule has 2 unspecified atom stereocenters. The van der Waals surface area contributed by atoms with Crippen molar-refractivity contribution in [2.75, 3.05) is 27.9 Å². The summed E-state index contributed by atoms with van der Waals surface area (Å²) in [6.07, 6.45) is 6.14. The van der Waals surface area contributed by atoms with E-state index >= 15 is 0 Å². The predicted octanol–water partition coefficient (Wildman–Crippen LogP) is 5.58. The third kappa shape index (κ3) is 14.1. The van der Waals surface area contributed by atoms with E-state index in [1.165, 1.54) is 19.1 Å². The first-order chi connectivity index (χ1) is 31.2. The molecular formula is C51H79NO14. The molecule has 0 aromatic heterocycles. The molecule has 4 aliphatic rings. The summed E-state index contributed by atoms with van der Waals surface area (Å²) >= 11 is 0. The van der Waals surface area contributed by atoms with Gasteiger partial charge in [-0.2, -0.15) is 0 Å². The number of cyclic esters (lactones) is 1. The topological polar surface area (TPSA) is 212 Å². The Morgan fingerprint density at radius 2 is 1.55 bits per heavy atom. The van der Waals surface area contributed by atoms with Crippen LogP contribution in [-0.4, -0.2) is 138 Å². The highest BCUT2D eigenvalue weighted by Gasteiger charge is 2.53. The zero-order valence-electron chi connectivity index (χ0n) is 41.1. The van der Waals surface area contributed by atoms with Gasteiger partial charge in [0.2, 0.25) is 5.79 Å². The van der Waals surface area contributed by atoms with Crippen molar-refractivity contribution in [2.45, 2.75) is 186 Å². The molecule has 3 N–H and O–H groups in total. The molecule has 0 aromatic carbocycles. The fraction of sp³-hybridized carbons (Fsp3) is 0.765. The number of nitrogens with zero attached hydrogens (tertiary/aromatic N) is 1. The Labute approximate surface area is 392 Å². The molecule has 3 heterocycles. The first-order valence-corrected chi connectivity index (χ1v) is 24.2. The van der Waals surface area contributed by atoms with Gasteiger partial charge in [-0.1, -0.05) is 58.9 Å². The van der Waals surface area contributed by atoms with Gasteiger partial charge in [-0.3, -0.25) is 24.0 Å². The summed E-state index contributed by atoms with van der Waals surface area (Å²) < 4.78 is 29.3. The number of carbonyl (C=O) groups excluding carboxylic acids is 6. The highest BCUT2D eigenvalue weighted by Crippen LogP contribution is 2.38. The number of ketones is 4. The third-order valence-corrected chi connectivity index (χ3v) is 14.8. The summed E-state index contributed by atoms with van der Waals surface area (Å²) in [5.41, 5.74) is 1.13. The SMILES string of the molecule is CO[C@H]1CC2CC[C@@H](C)[C@@](O)(O2)C(=O)C(=O)N2CCCC[C@H]2C(=O)O[C@H]([C@H](C)CC2CC[C@@H](O)[C@H](OC)C2)CC(=O)[C@H](C)/C=C(\C)[C@@H](O)[C@H](OC)C(=O)[C@H](C)C[C@H](C)C(=O)C/C=C/C=C/1C. The van der Waals surface area contributed by atoms with Gasteiger partial charge in [-0.15, -0.1) is 0 Å². The molecule has 4 rings (SSSR count). The van der Waals surface area contributed by atoms with Crippen molar-refractivity contribution in [3.63, 3.8) is 0 Å². The van der Waals surface area contributed by atoms with Crippen LogP contribution in [-0.2, 0) is 52.5 Å². The molecule has 0 aromatic rings. The molecule has 3 aliphatic heterocycles. The van der Waals surface area contributed by atoms with Gasteiger partial charge in [0.1, 0.15) is 35.9 Å². The second-order valence-corrected chi connectivity index (χ2v) is 19.8. The maximum atomic E-state index is 14.4. The lowest BCUT2D eigenvalue weighted by Gasteiger charge is -2.42. The number of aliphatic hydroxyl groups is 3. The Morgan fingerprint density at radius 3 is 2.21 bits per heavy atom. The highest BCUT2D eigenvalue weighted by molar-refractivity contribution is 6.39. The second kappa shape index (κ2) is 25.2. The van der Waals surface area contributed by atoms with Crippen molar-refractivity contribution in [1.29, 1.82) is 0 Å². The van der Waals surface area contributed by atoms with Gasteiger partial charge in [0, 0.05) is 70.8 Å². The number of aliphatic hydroxyl groups excluding tert-OH is 2. The molecule has 1 saturated carbocycles. The molecule has 2 saturated heterocycles. The summed E-state index contributed by atoms with van der Waals surface area (Å²) in [6.45, 7) is 12.2. The van der Waals surface area contributed by atoms with Crippen LogP contribution < -0.4 is 0 Å². The summed E-state index contributed by atoms with van der Waals surface area (Å²) in [6, 6.07) is -1.16. The molecule has 15 atom stereocenters. The normalized spacial score (nSPS) is 39.8. The lowest BCUT2D eigenvalue weighted by Crippen LogP contribution is -2.61. The number of allylic oxidation sites excluding steroid dienone is 4. The minimum Gasteiger partial charge on any atom is -0.460 e. The number of fused-ring (bicyclic) bond motifs is 3. The van der Waals surface area contributed by atoms with Gasteiger partial charge in [0.25, 0.3) is 11.7 Å². The number of hydrogen-bond acceptors (Lipinski definition) is 14. The van der Waals surface area contributed by atoms with Crippen LogP contribution in [0.4, 0.5) is 0 Å². The first-order valence-electron chi connectivity index (χ1n) is 24.2. The van der Waals surface area contributed by atoms with Gasteiger partial charge in [-0.25, -0.2) is 4.79 Å². The van der Waals surface area contributed by atoms with Crippen molar-refractivity contribution in [2.24, 2.45) is 35.5 Å². The molecule has 1 amide bonds. The van der Waals surface area contributed by atoms with E-state index in [1.54, 1.807) is 60.0 Å². The molecule has 372 valence electrons. The average molecular weight is 930 g/mol. The van der Waals surface area contributed by atoms with Crippen molar-refractivity contribution in [1.82, 2.24) is 4.90 Å². The Balaban J connectivity index is 1.70. The van der Waals surface area contributed by atoms with Crippen molar-refractivity contribution in [3.8, 4) is 0 Å². The second-order valence-electron chi connectivity index (χ2n) is 19.8. The van der Waals surface area contributed by atoms with Crippen LogP contribution >= 0.6 is 0 Å². The van der Waals surface area contributed by atoms with Crippen molar-refractivity contribution < 1.29 is 67.8 Å². The van der Waals surface area contributed by atoms with Crippen LogP contribution in [0.3, 0.4) is 0 Å².